The summed E-state index contributed by atoms with van der Waals surface area (Å²) < 4.78 is 0. The second-order valence-electron chi connectivity index (χ2n) is 3.15. The number of rotatable bonds is 6. The first-order valence-corrected chi connectivity index (χ1v) is 4.83. The van der Waals surface area contributed by atoms with Gasteiger partial charge in [-0.3, -0.25) is 0 Å². The molecule has 1 atom stereocenters. The van der Waals surface area contributed by atoms with E-state index in [0.717, 1.165) is 32.5 Å². The molecule has 0 aromatic heterocycles. The van der Waals surface area contributed by atoms with Crippen LogP contribution in [-0.2, 0) is 0 Å². The van der Waals surface area contributed by atoms with Gasteiger partial charge in [-0.25, -0.2) is 6.57 Å². The van der Waals surface area contributed by atoms with Crippen LogP contribution in [0.25, 0.3) is 4.85 Å². The average Bonchev–Trinajstić information content (AvgIpc) is 2.12. The lowest BCUT2D eigenvalue weighted by molar-refractivity contribution is 0.296. The Bertz CT molecular complexity index is 133. The minimum absolute atomic E-state index is 0.209. The van der Waals surface area contributed by atoms with Crippen molar-refractivity contribution < 1.29 is 0 Å². The van der Waals surface area contributed by atoms with Gasteiger partial charge in [-0.1, -0.05) is 13.8 Å². The topological polar surface area (TPSA) is 7.60 Å². The third-order valence-corrected chi connectivity index (χ3v) is 2.21. The van der Waals surface area contributed by atoms with Gasteiger partial charge >= 0.3 is 0 Å². The lowest BCUT2D eigenvalue weighted by Crippen LogP contribution is -2.24. The van der Waals surface area contributed by atoms with Crippen LogP contribution in [0.3, 0.4) is 0 Å². The molecular formula is C10H20N2. The Labute approximate surface area is 76.4 Å². The van der Waals surface area contributed by atoms with Crippen LogP contribution in [0.5, 0.6) is 0 Å². The van der Waals surface area contributed by atoms with E-state index in [9.17, 15) is 0 Å². The molecule has 2 nitrogen and oxygen atoms in total. The van der Waals surface area contributed by atoms with Crippen LogP contribution in [0.15, 0.2) is 0 Å². The lowest BCUT2D eigenvalue weighted by atomic mass is 10.2. The van der Waals surface area contributed by atoms with Crippen molar-refractivity contribution in [2.24, 2.45) is 0 Å². The molecule has 70 valence electrons. The van der Waals surface area contributed by atoms with Gasteiger partial charge in [0.15, 0.2) is 0 Å². The zero-order valence-corrected chi connectivity index (χ0v) is 8.51. The molecule has 2 heteroatoms. The zero-order valence-electron chi connectivity index (χ0n) is 8.51. The van der Waals surface area contributed by atoms with Crippen LogP contribution in [-0.4, -0.2) is 30.6 Å². The predicted molar refractivity (Wildman–Crippen MR) is 53.1 cm³/mol. The molecule has 0 spiro atoms. The van der Waals surface area contributed by atoms with Crippen molar-refractivity contribution in [3.63, 3.8) is 0 Å². The lowest BCUT2D eigenvalue weighted by Gasteiger charge is -2.17. The molecule has 0 aliphatic rings. The average molecular weight is 168 g/mol. The third kappa shape index (κ3) is 5.15. The molecule has 0 saturated carbocycles. The first-order valence-electron chi connectivity index (χ1n) is 4.83. The third-order valence-electron chi connectivity index (χ3n) is 2.21. The largest absolute Gasteiger partial charge is 0.314 e. The Morgan fingerprint density at radius 3 is 2.33 bits per heavy atom. The summed E-state index contributed by atoms with van der Waals surface area (Å²) in [5.41, 5.74) is 0. The van der Waals surface area contributed by atoms with Gasteiger partial charge in [-0.15, -0.1) is 0 Å². The fourth-order valence-corrected chi connectivity index (χ4v) is 1.21. The molecule has 0 radical (unpaired) electrons. The van der Waals surface area contributed by atoms with Crippen molar-refractivity contribution in [1.82, 2.24) is 4.90 Å². The first-order chi connectivity index (χ1) is 5.74. The number of hydrogen-bond donors (Lipinski definition) is 0. The van der Waals surface area contributed by atoms with Crippen molar-refractivity contribution in [3.8, 4) is 0 Å². The Morgan fingerprint density at radius 1 is 1.33 bits per heavy atom. The molecule has 0 fully saturated rings. The fourth-order valence-electron chi connectivity index (χ4n) is 1.21. The summed E-state index contributed by atoms with van der Waals surface area (Å²) in [6.45, 7) is 16.6. The smallest absolute Gasteiger partial charge is 0.221 e. The van der Waals surface area contributed by atoms with Gasteiger partial charge in [0.25, 0.3) is 0 Å². The van der Waals surface area contributed by atoms with Crippen LogP contribution >= 0.6 is 0 Å². The second kappa shape index (κ2) is 7.12. The summed E-state index contributed by atoms with van der Waals surface area (Å²) in [5, 5.41) is 0. The summed E-state index contributed by atoms with van der Waals surface area (Å²) in [6, 6.07) is 0.209. The van der Waals surface area contributed by atoms with Crippen molar-refractivity contribution in [2.75, 3.05) is 19.6 Å². The van der Waals surface area contributed by atoms with Gasteiger partial charge in [0.2, 0.25) is 6.04 Å². The first kappa shape index (κ1) is 11.4. The van der Waals surface area contributed by atoms with E-state index in [1.165, 1.54) is 0 Å². The zero-order chi connectivity index (χ0) is 9.40. The van der Waals surface area contributed by atoms with Gasteiger partial charge in [0, 0.05) is 13.3 Å². The van der Waals surface area contributed by atoms with Crippen LogP contribution in [0.1, 0.15) is 33.6 Å². The Morgan fingerprint density at radius 2 is 1.92 bits per heavy atom. The van der Waals surface area contributed by atoms with Crippen LogP contribution in [0, 0.1) is 6.57 Å². The van der Waals surface area contributed by atoms with E-state index in [4.69, 9.17) is 6.57 Å². The maximum absolute atomic E-state index is 6.80. The van der Waals surface area contributed by atoms with Crippen molar-refractivity contribution >= 4 is 0 Å². The molecule has 0 heterocycles. The van der Waals surface area contributed by atoms with Crippen LogP contribution in [0.2, 0.25) is 0 Å². The predicted octanol–water partition coefficient (Wildman–Crippen LogP) is 2.42. The highest BCUT2D eigenvalue weighted by Crippen LogP contribution is 2.02. The van der Waals surface area contributed by atoms with Crippen molar-refractivity contribution in [1.29, 1.82) is 0 Å². The highest BCUT2D eigenvalue weighted by molar-refractivity contribution is 4.72. The Kier molecular flexibility index (Phi) is 6.79. The maximum Gasteiger partial charge on any atom is 0.221 e. The quantitative estimate of drug-likeness (QED) is 0.553. The molecule has 0 N–H and O–H groups in total. The van der Waals surface area contributed by atoms with E-state index in [2.05, 4.69) is 23.6 Å². The fraction of sp³-hybridized carbons (Fsp3) is 0.900. The van der Waals surface area contributed by atoms with Crippen molar-refractivity contribution in [3.05, 3.63) is 11.4 Å². The minimum Gasteiger partial charge on any atom is -0.314 e. The standard InChI is InChI=1S/C10H20N2/c1-5-12(6-2)9-7-8-10(3)11-4/h10H,5-9H2,1-3H3. The van der Waals surface area contributed by atoms with Crippen LogP contribution in [0.4, 0.5) is 0 Å². The van der Waals surface area contributed by atoms with E-state index >= 15 is 0 Å². The van der Waals surface area contributed by atoms with E-state index < -0.39 is 0 Å². The molecule has 12 heavy (non-hydrogen) atoms. The van der Waals surface area contributed by atoms with Gasteiger partial charge in [0.1, 0.15) is 0 Å². The van der Waals surface area contributed by atoms with Gasteiger partial charge < -0.3 is 9.74 Å². The molecule has 0 aliphatic heterocycles. The highest BCUT2D eigenvalue weighted by atomic mass is 15.1. The SMILES string of the molecule is [C-]#[N+]C(C)CCCN(CC)CC. The van der Waals surface area contributed by atoms with E-state index in [-0.39, 0.29) is 6.04 Å². The molecule has 0 amide bonds. The highest BCUT2D eigenvalue weighted by Gasteiger charge is 2.04. The summed E-state index contributed by atoms with van der Waals surface area (Å²) in [6.07, 6.45) is 2.20. The summed E-state index contributed by atoms with van der Waals surface area (Å²) in [5.74, 6) is 0. The molecule has 0 aliphatic carbocycles. The van der Waals surface area contributed by atoms with Gasteiger partial charge in [-0.2, -0.15) is 0 Å². The summed E-state index contributed by atoms with van der Waals surface area (Å²) in [7, 11) is 0. The van der Waals surface area contributed by atoms with Crippen molar-refractivity contribution in [2.45, 2.75) is 39.7 Å². The Balaban J connectivity index is 3.36. The molecule has 0 saturated heterocycles. The molecule has 0 aromatic carbocycles. The molecule has 0 rings (SSSR count). The van der Waals surface area contributed by atoms with E-state index in [1.54, 1.807) is 0 Å². The molecule has 0 aromatic rings. The maximum atomic E-state index is 6.80. The number of hydrogen-bond acceptors (Lipinski definition) is 1. The van der Waals surface area contributed by atoms with Crippen LogP contribution < -0.4 is 0 Å². The van der Waals surface area contributed by atoms with E-state index in [1.807, 2.05) is 6.92 Å². The summed E-state index contributed by atoms with van der Waals surface area (Å²) in [4.78, 5) is 5.87. The van der Waals surface area contributed by atoms with Gasteiger partial charge in [0.05, 0.1) is 0 Å². The number of nitrogens with zero attached hydrogens (tertiary/aromatic N) is 2. The molecule has 0 bridgehead atoms. The second-order valence-corrected chi connectivity index (χ2v) is 3.15. The monoisotopic (exact) mass is 168 g/mol. The van der Waals surface area contributed by atoms with E-state index in [0.29, 0.717) is 0 Å². The summed E-state index contributed by atoms with van der Waals surface area (Å²) >= 11 is 0. The molecular weight excluding hydrogens is 148 g/mol. The minimum atomic E-state index is 0.209. The molecule has 1 unspecified atom stereocenters. The van der Waals surface area contributed by atoms with Gasteiger partial charge in [-0.05, 0) is 26.1 Å². The Hall–Kier alpha value is -0.550. The normalized spacial score (nSPS) is 12.9.